The highest BCUT2D eigenvalue weighted by Crippen LogP contribution is 2.09. The van der Waals surface area contributed by atoms with E-state index < -0.39 is 0 Å². The van der Waals surface area contributed by atoms with Gasteiger partial charge in [0.25, 0.3) is 0 Å². The molecule has 2 N–H and O–H groups in total. The Morgan fingerprint density at radius 1 is 1.17 bits per heavy atom. The molecule has 0 spiro atoms. The molecule has 2 rings (SSSR count). The van der Waals surface area contributed by atoms with Crippen molar-refractivity contribution in [2.75, 3.05) is 13.7 Å². The van der Waals surface area contributed by atoms with Crippen molar-refractivity contribution < 1.29 is 4.74 Å². The summed E-state index contributed by atoms with van der Waals surface area (Å²) in [5, 5.41) is 8.33. The molecule has 1 aromatic heterocycles. The van der Waals surface area contributed by atoms with Crippen LogP contribution in [0.2, 0.25) is 0 Å². The van der Waals surface area contributed by atoms with Crippen LogP contribution in [0.25, 0.3) is 0 Å². The van der Waals surface area contributed by atoms with Gasteiger partial charge in [0.1, 0.15) is 11.6 Å². The van der Waals surface area contributed by atoms with E-state index in [4.69, 9.17) is 10.5 Å². The van der Waals surface area contributed by atoms with E-state index in [1.807, 2.05) is 22.8 Å². The van der Waals surface area contributed by atoms with Gasteiger partial charge in [-0.05, 0) is 5.56 Å². The molecule has 0 aliphatic carbocycles. The van der Waals surface area contributed by atoms with Crippen LogP contribution in [-0.4, -0.2) is 28.5 Å². The number of methoxy groups -OCH3 is 1. The van der Waals surface area contributed by atoms with Crippen molar-refractivity contribution in [2.45, 2.75) is 19.5 Å². The van der Waals surface area contributed by atoms with E-state index in [-0.39, 0.29) is 0 Å². The average Bonchev–Trinajstić information content (AvgIpc) is 2.79. The Balaban J connectivity index is 2.19. The van der Waals surface area contributed by atoms with E-state index in [0.29, 0.717) is 13.2 Å². The lowest BCUT2D eigenvalue weighted by atomic mass is 10.1. The van der Waals surface area contributed by atoms with Gasteiger partial charge in [-0.25, -0.2) is 0 Å². The van der Waals surface area contributed by atoms with Crippen LogP contribution >= 0.6 is 0 Å². The third-order valence-corrected chi connectivity index (χ3v) is 2.81. The fraction of sp³-hybridized carbons (Fsp3) is 0.385. The summed E-state index contributed by atoms with van der Waals surface area (Å²) in [4.78, 5) is 0. The number of hydrogen-bond acceptors (Lipinski definition) is 4. The summed E-state index contributed by atoms with van der Waals surface area (Å²) in [5.41, 5.74) is 6.88. The van der Waals surface area contributed by atoms with Crippen LogP contribution in [0.15, 0.2) is 30.3 Å². The summed E-state index contributed by atoms with van der Waals surface area (Å²) < 4.78 is 7.14. The second-order valence-corrected chi connectivity index (χ2v) is 4.04. The predicted molar refractivity (Wildman–Crippen MR) is 69.0 cm³/mol. The first kappa shape index (κ1) is 12.7. The monoisotopic (exact) mass is 246 g/mol. The van der Waals surface area contributed by atoms with Crippen molar-refractivity contribution in [3.8, 4) is 0 Å². The molecule has 5 heteroatoms. The van der Waals surface area contributed by atoms with Crippen molar-refractivity contribution in [3.05, 3.63) is 47.5 Å². The minimum atomic E-state index is 0.394. The summed E-state index contributed by atoms with van der Waals surface area (Å²) in [6, 6.07) is 10.2. The van der Waals surface area contributed by atoms with Crippen LogP contribution in [0, 0.1) is 0 Å². The number of ether oxygens (including phenoxy) is 1. The molecule has 96 valence electrons. The van der Waals surface area contributed by atoms with E-state index in [1.165, 1.54) is 5.56 Å². The van der Waals surface area contributed by atoms with Crippen LogP contribution in [0.3, 0.4) is 0 Å². The Bertz CT molecular complexity index is 481. The number of nitrogens with zero attached hydrogens (tertiary/aromatic N) is 3. The number of aromatic nitrogens is 3. The van der Waals surface area contributed by atoms with Crippen molar-refractivity contribution in [1.29, 1.82) is 0 Å². The molecule has 0 saturated heterocycles. The third kappa shape index (κ3) is 2.94. The molecule has 0 atom stereocenters. The SMILES string of the molecule is COCCn1c(CN)nnc1Cc1ccccc1. The van der Waals surface area contributed by atoms with Gasteiger partial charge >= 0.3 is 0 Å². The maximum absolute atomic E-state index is 5.66. The van der Waals surface area contributed by atoms with E-state index in [1.54, 1.807) is 7.11 Å². The van der Waals surface area contributed by atoms with Crippen LogP contribution in [0.5, 0.6) is 0 Å². The largest absolute Gasteiger partial charge is 0.383 e. The van der Waals surface area contributed by atoms with Crippen LogP contribution in [0.4, 0.5) is 0 Å². The lowest BCUT2D eigenvalue weighted by Crippen LogP contribution is -2.14. The number of hydrogen-bond donors (Lipinski definition) is 1. The van der Waals surface area contributed by atoms with Crippen molar-refractivity contribution in [2.24, 2.45) is 5.73 Å². The normalized spacial score (nSPS) is 10.8. The molecule has 0 fully saturated rings. The molecule has 18 heavy (non-hydrogen) atoms. The number of rotatable bonds is 6. The molecule has 1 aromatic carbocycles. The van der Waals surface area contributed by atoms with Gasteiger partial charge in [0.15, 0.2) is 0 Å². The Morgan fingerprint density at radius 3 is 2.56 bits per heavy atom. The molecular formula is C13H18N4O. The molecule has 0 amide bonds. The van der Waals surface area contributed by atoms with Crippen LogP contribution < -0.4 is 5.73 Å². The van der Waals surface area contributed by atoms with E-state index >= 15 is 0 Å². The first-order valence-electron chi connectivity index (χ1n) is 5.99. The molecule has 0 radical (unpaired) electrons. The van der Waals surface area contributed by atoms with Gasteiger partial charge in [-0.15, -0.1) is 10.2 Å². The van der Waals surface area contributed by atoms with Gasteiger partial charge in [0, 0.05) is 20.1 Å². The van der Waals surface area contributed by atoms with Gasteiger partial charge in [-0.3, -0.25) is 0 Å². The zero-order chi connectivity index (χ0) is 12.8. The maximum atomic E-state index is 5.66. The zero-order valence-corrected chi connectivity index (χ0v) is 10.5. The highest BCUT2D eigenvalue weighted by Gasteiger charge is 2.10. The average molecular weight is 246 g/mol. The van der Waals surface area contributed by atoms with Gasteiger partial charge in [-0.2, -0.15) is 0 Å². The molecular weight excluding hydrogens is 228 g/mol. The minimum Gasteiger partial charge on any atom is -0.383 e. The molecule has 0 saturated carbocycles. The quantitative estimate of drug-likeness (QED) is 0.825. The highest BCUT2D eigenvalue weighted by atomic mass is 16.5. The van der Waals surface area contributed by atoms with Gasteiger partial charge in [-0.1, -0.05) is 30.3 Å². The van der Waals surface area contributed by atoms with Crippen molar-refractivity contribution in [1.82, 2.24) is 14.8 Å². The number of nitrogens with two attached hydrogens (primary N) is 1. The van der Waals surface area contributed by atoms with E-state index in [2.05, 4.69) is 22.3 Å². The highest BCUT2D eigenvalue weighted by molar-refractivity contribution is 5.19. The Morgan fingerprint density at radius 2 is 1.89 bits per heavy atom. The second-order valence-electron chi connectivity index (χ2n) is 4.04. The summed E-state index contributed by atoms with van der Waals surface area (Å²) >= 11 is 0. The third-order valence-electron chi connectivity index (χ3n) is 2.81. The standard InChI is InChI=1S/C13H18N4O/c1-18-8-7-17-12(15-16-13(17)10-14)9-11-5-3-2-4-6-11/h2-6H,7-10,14H2,1H3. The molecule has 0 unspecified atom stereocenters. The Labute approximate surface area is 107 Å². The smallest absolute Gasteiger partial charge is 0.146 e. The first-order chi connectivity index (χ1) is 8.85. The Kier molecular flexibility index (Phi) is 4.44. The second kappa shape index (κ2) is 6.28. The van der Waals surface area contributed by atoms with Gasteiger partial charge in [0.2, 0.25) is 0 Å². The van der Waals surface area contributed by atoms with E-state index in [9.17, 15) is 0 Å². The summed E-state index contributed by atoms with van der Waals surface area (Å²) in [6.07, 6.45) is 0.761. The molecule has 1 heterocycles. The molecule has 5 nitrogen and oxygen atoms in total. The number of benzene rings is 1. The summed E-state index contributed by atoms with van der Waals surface area (Å²) in [6.45, 7) is 1.76. The van der Waals surface area contributed by atoms with E-state index in [0.717, 1.165) is 24.6 Å². The predicted octanol–water partition coefficient (Wildman–Crippen LogP) is 0.974. The van der Waals surface area contributed by atoms with Gasteiger partial charge < -0.3 is 15.0 Å². The minimum absolute atomic E-state index is 0.394. The fourth-order valence-electron chi connectivity index (χ4n) is 1.87. The van der Waals surface area contributed by atoms with Crippen LogP contribution in [0.1, 0.15) is 17.2 Å². The topological polar surface area (TPSA) is 66.0 Å². The summed E-state index contributed by atoms with van der Waals surface area (Å²) in [5.74, 6) is 1.73. The lowest BCUT2D eigenvalue weighted by Gasteiger charge is -2.08. The van der Waals surface area contributed by atoms with Gasteiger partial charge in [0.05, 0.1) is 13.2 Å². The summed E-state index contributed by atoms with van der Waals surface area (Å²) in [7, 11) is 1.68. The van der Waals surface area contributed by atoms with Crippen LogP contribution in [-0.2, 0) is 24.2 Å². The molecule has 0 aliphatic heterocycles. The lowest BCUT2D eigenvalue weighted by molar-refractivity contribution is 0.185. The molecule has 0 bridgehead atoms. The fourth-order valence-corrected chi connectivity index (χ4v) is 1.87. The zero-order valence-electron chi connectivity index (χ0n) is 10.5. The van der Waals surface area contributed by atoms with Crippen molar-refractivity contribution in [3.63, 3.8) is 0 Å². The Hall–Kier alpha value is -1.72. The van der Waals surface area contributed by atoms with Crippen molar-refractivity contribution >= 4 is 0 Å². The first-order valence-corrected chi connectivity index (χ1v) is 5.99. The molecule has 0 aliphatic rings. The molecule has 2 aromatic rings. The maximum Gasteiger partial charge on any atom is 0.146 e.